The van der Waals surface area contributed by atoms with Crippen LogP contribution >= 0.6 is 0 Å². The van der Waals surface area contributed by atoms with Gasteiger partial charge in [0.25, 0.3) is 5.56 Å². The summed E-state index contributed by atoms with van der Waals surface area (Å²) in [6.45, 7) is 3.07. The summed E-state index contributed by atoms with van der Waals surface area (Å²) < 4.78 is 46.3. The van der Waals surface area contributed by atoms with E-state index in [9.17, 15) is 18.0 Å². The van der Waals surface area contributed by atoms with Crippen molar-refractivity contribution in [3.8, 4) is 17.6 Å². The Morgan fingerprint density at radius 2 is 1.84 bits per heavy atom. The van der Waals surface area contributed by atoms with Gasteiger partial charge in [-0.15, -0.1) is 0 Å². The van der Waals surface area contributed by atoms with Crippen LogP contribution in [0, 0.1) is 24.7 Å². The molecule has 0 aliphatic heterocycles. The predicted octanol–water partition coefficient (Wildman–Crippen LogP) is 4.40. The van der Waals surface area contributed by atoms with Gasteiger partial charge in [0.2, 0.25) is 0 Å². The third-order valence-corrected chi connectivity index (χ3v) is 5.42. The van der Waals surface area contributed by atoms with Gasteiger partial charge in [0.15, 0.2) is 0 Å². The molecule has 31 heavy (non-hydrogen) atoms. The van der Waals surface area contributed by atoms with Crippen molar-refractivity contribution in [3.05, 3.63) is 63.6 Å². The van der Waals surface area contributed by atoms with Crippen LogP contribution < -0.4 is 10.3 Å². The highest BCUT2D eigenvalue weighted by Gasteiger charge is 2.41. The first kappa shape index (κ1) is 23.0. The second kappa shape index (κ2) is 9.19. The van der Waals surface area contributed by atoms with Crippen LogP contribution in [0.1, 0.15) is 42.6 Å². The highest BCUT2D eigenvalue weighted by Crippen LogP contribution is 2.28. The van der Waals surface area contributed by atoms with Crippen LogP contribution in [-0.2, 0) is 0 Å². The number of benzene rings is 1. The van der Waals surface area contributed by atoms with Crippen LogP contribution in [0.5, 0.6) is 5.75 Å². The van der Waals surface area contributed by atoms with Gasteiger partial charge in [0.1, 0.15) is 18.4 Å². The molecule has 0 N–H and O–H groups in total. The summed E-state index contributed by atoms with van der Waals surface area (Å²) >= 11 is 0. The highest BCUT2D eigenvalue weighted by atomic mass is 19.4. The van der Waals surface area contributed by atoms with Crippen molar-refractivity contribution < 1.29 is 17.9 Å². The van der Waals surface area contributed by atoms with E-state index < -0.39 is 18.8 Å². The summed E-state index contributed by atoms with van der Waals surface area (Å²) in [5, 5.41) is 0. The molecule has 0 spiro atoms. The van der Waals surface area contributed by atoms with Crippen molar-refractivity contribution in [1.29, 1.82) is 0 Å². The van der Waals surface area contributed by atoms with Gasteiger partial charge in [-0.2, -0.15) is 13.2 Å². The Bertz CT molecular complexity index is 1030. The summed E-state index contributed by atoms with van der Waals surface area (Å²) in [4.78, 5) is 13.8. The molecule has 0 radical (unpaired) electrons. The Balaban J connectivity index is 1.75. The molecule has 2 atom stereocenters. The third kappa shape index (κ3) is 5.92. The average Bonchev–Trinajstić information content (AvgIpc) is 3.49. The van der Waals surface area contributed by atoms with Crippen LogP contribution in [0.2, 0.25) is 0 Å². The van der Waals surface area contributed by atoms with E-state index in [-0.39, 0.29) is 17.4 Å². The van der Waals surface area contributed by atoms with Gasteiger partial charge in [-0.25, -0.2) is 0 Å². The van der Waals surface area contributed by atoms with Crippen molar-refractivity contribution in [2.24, 2.45) is 5.92 Å². The van der Waals surface area contributed by atoms with Crippen molar-refractivity contribution in [2.75, 3.05) is 20.7 Å². The zero-order chi connectivity index (χ0) is 22.8. The predicted molar refractivity (Wildman–Crippen MR) is 114 cm³/mol. The number of rotatable bonds is 6. The van der Waals surface area contributed by atoms with Gasteiger partial charge in [-0.1, -0.05) is 24.0 Å². The van der Waals surface area contributed by atoms with E-state index in [4.69, 9.17) is 4.74 Å². The summed E-state index contributed by atoms with van der Waals surface area (Å²) in [6, 6.07) is 8.62. The fraction of sp³-hybridized carbons (Fsp3) is 0.458. The Morgan fingerprint density at radius 1 is 1.19 bits per heavy atom. The number of nitrogens with zero attached hydrogens (tertiary/aromatic N) is 2. The Labute approximate surface area is 180 Å². The molecule has 7 heteroatoms. The maximum atomic E-state index is 13.1. The van der Waals surface area contributed by atoms with E-state index in [0.29, 0.717) is 11.6 Å². The van der Waals surface area contributed by atoms with E-state index in [1.807, 2.05) is 31.2 Å². The van der Waals surface area contributed by atoms with E-state index in [1.165, 1.54) is 33.0 Å². The standard InChI is InChI=1S/C24H27F3N2O2/c1-16-13-21(31-15-22(28(3)4)24(25,26)27)14-23(30)29(16)17(2)20-11-9-19(10-12-20)8-7-18-5-6-18/h9-14,17-18,22H,5-6,15H2,1-4H3/t17-,22?/m1/s1. The molecule has 0 amide bonds. The molecule has 166 valence electrons. The molecule has 0 bridgehead atoms. The summed E-state index contributed by atoms with van der Waals surface area (Å²) in [7, 11) is 2.68. The minimum atomic E-state index is -4.42. The Kier molecular flexibility index (Phi) is 6.80. The molecule has 1 aliphatic carbocycles. The average molecular weight is 432 g/mol. The number of likely N-dealkylation sites (N-methyl/N-ethyl adjacent to an activating group) is 1. The quantitative estimate of drug-likeness (QED) is 0.635. The van der Waals surface area contributed by atoms with Gasteiger partial charge in [-0.3, -0.25) is 9.69 Å². The SMILES string of the molecule is Cc1cc(OCC(N(C)C)C(F)(F)F)cc(=O)n1[C@H](C)c1ccc(C#CC2CC2)cc1. The largest absolute Gasteiger partial charge is 0.491 e. The van der Waals surface area contributed by atoms with Crippen LogP contribution in [0.3, 0.4) is 0 Å². The fourth-order valence-corrected chi connectivity index (χ4v) is 3.38. The number of aromatic nitrogens is 1. The summed E-state index contributed by atoms with van der Waals surface area (Å²) in [5.74, 6) is 7.05. The van der Waals surface area contributed by atoms with Gasteiger partial charge in [0, 0.05) is 23.2 Å². The molecule has 1 heterocycles. The van der Waals surface area contributed by atoms with Crippen molar-refractivity contribution in [1.82, 2.24) is 9.47 Å². The maximum Gasteiger partial charge on any atom is 0.407 e. The minimum Gasteiger partial charge on any atom is -0.491 e. The molecule has 4 nitrogen and oxygen atoms in total. The maximum absolute atomic E-state index is 13.1. The van der Waals surface area contributed by atoms with Crippen LogP contribution in [0.15, 0.2) is 41.2 Å². The molecule has 1 aromatic heterocycles. The normalized spacial score (nSPS) is 15.9. The molecule has 1 fully saturated rings. The topological polar surface area (TPSA) is 34.5 Å². The second-order valence-electron chi connectivity index (χ2n) is 8.21. The highest BCUT2D eigenvalue weighted by molar-refractivity contribution is 5.38. The third-order valence-electron chi connectivity index (χ3n) is 5.42. The van der Waals surface area contributed by atoms with Gasteiger partial charge < -0.3 is 9.30 Å². The van der Waals surface area contributed by atoms with Gasteiger partial charge in [0.05, 0.1) is 6.04 Å². The monoisotopic (exact) mass is 432 g/mol. The molecule has 1 unspecified atom stereocenters. The minimum absolute atomic E-state index is 0.132. The molecule has 3 rings (SSSR count). The van der Waals surface area contributed by atoms with E-state index in [0.717, 1.165) is 16.0 Å². The number of halogens is 3. The number of hydrogen-bond donors (Lipinski definition) is 0. The zero-order valence-electron chi connectivity index (χ0n) is 18.2. The smallest absolute Gasteiger partial charge is 0.407 e. The molecule has 1 aliphatic rings. The number of aryl methyl sites for hydroxylation is 1. The van der Waals surface area contributed by atoms with Crippen LogP contribution in [0.25, 0.3) is 0 Å². The fourth-order valence-electron chi connectivity index (χ4n) is 3.38. The summed E-state index contributed by atoms with van der Waals surface area (Å²) in [6.07, 6.45) is -2.07. The molecular weight excluding hydrogens is 405 g/mol. The van der Waals surface area contributed by atoms with E-state index in [1.54, 1.807) is 17.6 Å². The lowest BCUT2D eigenvalue weighted by molar-refractivity contribution is -0.183. The molecule has 0 saturated heterocycles. The van der Waals surface area contributed by atoms with Gasteiger partial charge >= 0.3 is 6.18 Å². The van der Waals surface area contributed by atoms with E-state index in [2.05, 4.69) is 11.8 Å². The number of pyridine rings is 1. The number of alkyl halides is 3. The first-order valence-corrected chi connectivity index (χ1v) is 10.3. The molecule has 2 aromatic rings. The first-order chi connectivity index (χ1) is 14.6. The molecule has 1 aromatic carbocycles. The lowest BCUT2D eigenvalue weighted by Crippen LogP contribution is -2.45. The van der Waals surface area contributed by atoms with Crippen molar-refractivity contribution in [3.63, 3.8) is 0 Å². The Morgan fingerprint density at radius 3 is 2.35 bits per heavy atom. The second-order valence-corrected chi connectivity index (χ2v) is 8.21. The number of ether oxygens (including phenoxy) is 1. The molecular formula is C24H27F3N2O2. The molecule has 1 saturated carbocycles. The number of hydrogen-bond acceptors (Lipinski definition) is 3. The summed E-state index contributed by atoms with van der Waals surface area (Å²) in [5.41, 5.74) is 2.17. The lowest BCUT2D eigenvalue weighted by atomic mass is 10.1. The van der Waals surface area contributed by atoms with Crippen molar-refractivity contribution in [2.45, 2.75) is 44.9 Å². The first-order valence-electron chi connectivity index (χ1n) is 10.3. The Hall–Kier alpha value is -2.72. The zero-order valence-corrected chi connectivity index (χ0v) is 18.2. The van der Waals surface area contributed by atoms with Crippen LogP contribution in [0.4, 0.5) is 13.2 Å². The lowest BCUT2D eigenvalue weighted by Gasteiger charge is -2.26. The van der Waals surface area contributed by atoms with E-state index >= 15 is 0 Å². The van der Waals surface area contributed by atoms with Gasteiger partial charge in [-0.05, 0) is 64.5 Å². The van der Waals surface area contributed by atoms with Crippen molar-refractivity contribution >= 4 is 0 Å². The van der Waals surface area contributed by atoms with Crippen LogP contribution in [-0.4, -0.2) is 42.4 Å².